The molecule has 7 heterocycles. The van der Waals surface area contributed by atoms with Crippen molar-refractivity contribution in [2.75, 3.05) is 31.2 Å². The van der Waals surface area contributed by atoms with Gasteiger partial charge in [-0.15, -0.1) is 0 Å². The number of piperidine rings is 1. The number of anilines is 1. The van der Waals surface area contributed by atoms with E-state index in [-0.39, 0.29) is 0 Å². The molecule has 3 aliphatic heterocycles. The van der Waals surface area contributed by atoms with Gasteiger partial charge < -0.3 is 14.6 Å². The van der Waals surface area contributed by atoms with Gasteiger partial charge in [0.05, 0.1) is 16.7 Å². The lowest BCUT2D eigenvalue weighted by atomic mass is 9.95. The molecule has 0 radical (unpaired) electrons. The van der Waals surface area contributed by atoms with Crippen molar-refractivity contribution in [2.45, 2.75) is 77.4 Å². The summed E-state index contributed by atoms with van der Waals surface area (Å²) >= 11 is 0. The molecule has 7 rings (SSSR count). The molecule has 8 nitrogen and oxygen atoms in total. The molecule has 3 saturated heterocycles. The zero-order chi connectivity index (χ0) is 25.3. The Balaban J connectivity index is 1.26. The van der Waals surface area contributed by atoms with Crippen molar-refractivity contribution in [3.8, 4) is 11.3 Å². The summed E-state index contributed by atoms with van der Waals surface area (Å²) in [6.45, 7) is 13.0. The van der Waals surface area contributed by atoms with E-state index in [0.29, 0.717) is 24.0 Å². The van der Waals surface area contributed by atoms with Gasteiger partial charge in [0.25, 0.3) is 0 Å². The maximum Gasteiger partial charge on any atom is 0.158 e. The van der Waals surface area contributed by atoms with Crippen LogP contribution in [-0.4, -0.2) is 73.9 Å². The van der Waals surface area contributed by atoms with E-state index < -0.39 is 0 Å². The fraction of sp³-hybridized carbons (Fsp3) is 0.552. The van der Waals surface area contributed by atoms with Gasteiger partial charge in [0.15, 0.2) is 5.65 Å². The standard InChI is InChI=1S/C29H37N7O/c1-17(2)26-27(23-15-36-29(30-16-31-36)19(4)18(23)3)32-24-5-6-25(33-28(24)26)35-14-22-13-21(35)7-10-34(22)20-8-11-37-12-9-20/h5-6,15-17,20-22,32H,7-14H2,1-4H3/t21-,22+/m1/s1. The summed E-state index contributed by atoms with van der Waals surface area (Å²) in [7, 11) is 0. The summed E-state index contributed by atoms with van der Waals surface area (Å²) < 4.78 is 7.53. The quantitative estimate of drug-likeness (QED) is 0.433. The Morgan fingerprint density at radius 1 is 1.03 bits per heavy atom. The highest BCUT2D eigenvalue weighted by atomic mass is 16.5. The maximum absolute atomic E-state index is 5.64. The zero-order valence-corrected chi connectivity index (χ0v) is 22.4. The van der Waals surface area contributed by atoms with Crippen LogP contribution in [-0.2, 0) is 4.74 Å². The number of nitrogens with zero attached hydrogens (tertiary/aromatic N) is 6. The molecule has 2 bridgehead atoms. The molecule has 194 valence electrons. The van der Waals surface area contributed by atoms with E-state index in [1.807, 2.05) is 4.52 Å². The number of fused-ring (bicyclic) bond motifs is 4. The monoisotopic (exact) mass is 499 g/mol. The largest absolute Gasteiger partial charge is 0.381 e. The fourth-order valence-corrected chi connectivity index (χ4v) is 7.13. The fourth-order valence-electron chi connectivity index (χ4n) is 7.13. The van der Waals surface area contributed by atoms with E-state index in [4.69, 9.17) is 9.72 Å². The lowest BCUT2D eigenvalue weighted by Crippen LogP contribution is -2.48. The topological polar surface area (TPSA) is 74.6 Å². The predicted molar refractivity (Wildman–Crippen MR) is 146 cm³/mol. The molecular weight excluding hydrogens is 462 g/mol. The molecular formula is C29H37N7O. The average Bonchev–Trinajstić information content (AvgIpc) is 3.62. The Morgan fingerprint density at radius 2 is 1.86 bits per heavy atom. The van der Waals surface area contributed by atoms with Crippen LogP contribution in [0.15, 0.2) is 24.7 Å². The van der Waals surface area contributed by atoms with Crippen LogP contribution in [0.2, 0.25) is 0 Å². The van der Waals surface area contributed by atoms with Crippen molar-refractivity contribution in [3.63, 3.8) is 0 Å². The molecule has 3 aliphatic rings. The zero-order valence-electron chi connectivity index (χ0n) is 22.4. The van der Waals surface area contributed by atoms with E-state index in [1.165, 1.54) is 48.9 Å². The number of ether oxygens (including phenoxy) is 1. The number of aromatic nitrogens is 5. The molecule has 3 fully saturated rings. The average molecular weight is 500 g/mol. The molecule has 0 aliphatic carbocycles. The second-order valence-electron chi connectivity index (χ2n) is 11.5. The van der Waals surface area contributed by atoms with E-state index in [9.17, 15) is 0 Å². The first-order valence-electron chi connectivity index (χ1n) is 13.9. The highest BCUT2D eigenvalue weighted by Gasteiger charge is 2.42. The van der Waals surface area contributed by atoms with Crippen LogP contribution in [0.1, 0.15) is 62.1 Å². The smallest absolute Gasteiger partial charge is 0.158 e. The number of rotatable bonds is 4. The van der Waals surface area contributed by atoms with Gasteiger partial charge in [0.1, 0.15) is 12.1 Å². The number of H-pyrrole nitrogens is 1. The van der Waals surface area contributed by atoms with Crippen LogP contribution in [0.4, 0.5) is 5.82 Å². The van der Waals surface area contributed by atoms with E-state index >= 15 is 0 Å². The van der Waals surface area contributed by atoms with Crippen molar-refractivity contribution in [3.05, 3.63) is 41.3 Å². The number of nitrogens with one attached hydrogen (secondary N) is 1. The first-order chi connectivity index (χ1) is 18.0. The van der Waals surface area contributed by atoms with Gasteiger partial charge in [-0.2, -0.15) is 5.10 Å². The van der Waals surface area contributed by atoms with Crippen molar-refractivity contribution in [2.24, 2.45) is 0 Å². The first-order valence-corrected chi connectivity index (χ1v) is 13.9. The summed E-state index contributed by atoms with van der Waals surface area (Å²) in [4.78, 5) is 18.9. The Morgan fingerprint density at radius 3 is 2.68 bits per heavy atom. The van der Waals surface area contributed by atoms with E-state index in [0.717, 1.165) is 53.5 Å². The summed E-state index contributed by atoms with van der Waals surface area (Å²) in [6.07, 6.45) is 8.56. The Bertz CT molecular complexity index is 1460. The number of hydrogen-bond acceptors (Lipinski definition) is 6. The van der Waals surface area contributed by atoms with Crippen molar-refractivity contribution >= 4 is 22.5 Å². The van der Waals surface area contributed by atoms with Crippen LogP contribution >= 0.6 is 0 Å². The van der Waals surface area contributed by atoms with Crippen LogP contribution in [0.25, 0.3) is 27.9 Å². The third-order valence-corrected chi connectivity index (χ3v) is 9.17. The molecule has 0 amide bonds. The van der Waals surface area contributed by atoms with Crippen LogP contribution in [0.3, 0.4) is 0 Å². The third kappa shape index (κ3) is 3.67. The molecule has 4 aromatic rings. The minimum Gasteiger partial charge on any atom is -0.381 e. The summed E-state index contributed by atoms with van der Waals surface area (Å²) in [5, 5.41) is 4.43. The number of aryl methyl sites for hydroxylation is 1. The first kappa shape index (κ1) is 23.2. The number of likely N-dealkylation sites (tertiary alicyclic amines) is 1. The Hall–Kier alpha value is -2.97. The van der Waals surface area contributed by atoms with Crippen LogP contribution in [0, 0.1) is 13.8 Å². The van der Waals surface area contributed by atoms with Crippen molar-refractivity contribution in [1.29, 1.82) is 0 Å². The van der Waals surface area contributed by atoms with Crippen molar-refractivity contribution in [1.82, 2.24) is 29.5 Å². The lowest BCUT2D eigenvalue weighted by molar-refractivity contribution is 0.0131. The number of aromatic amines is 1. The maximum atomic E-state index is 5.64. The molecule has 2 atom stereocenters. The molecule has 0 unspecified atom stereocenters. The molecule has 1 N–H and O–H groups in total. The van der Waals surface area contributed by atoms with Gasteiger partial charge in [0.2, 0.25) is 0 Å². The van der Waals surface area contributed by atoms with Gasteiger partial charge in [-0.25, -0.2) is 14.5 Å². The summed E-state index contributed by atoms with van der Waals surface area (Å²) in [6, 6.07) is 6.37. The minimum absolute atomic E-state index is 0.333. The molecule has 0 spiro atoms. The molecule has 0 saturated carbocycles. The van der Waals surface area contributed by atoms with Gasteiger partial charge >= 0.3 is 0 Å². The second-order valence-corrected chi connectivity index (χ2v) is 11.5. The van der Waals surface area contributed by atoms with E-state index in [2.05, 4.69) is 70.9 Å². The van der Waals surface area contributed by atoms with Crippen molar-refractivity contribution < 1.29 is 4.74 Å². The van der Waals surface area contributed by atoms with Crippen LogP contribution in [0.5, 0.6) is 0 Å². The normalized spacial score (nSPS) is 23.2. The molecule has 37 heavy (non-hydrogen) atoms. The highest BCUT2D eigenvalue weighted by Crippen LogP contribution is 2.40. The van der Waals surface area contributed by atoms with Gasteiger partial charge in [0, 0.05) is 61.8 Å². The van der Waals surface area contributed by atoms with Crippen LogP contribution < -0.4 is 4.90 Å². The highest BCUT2D eigenvalue weighted by molar-refractivity contribution is 5.90. The van der Waals surface area contributed by atoms with E-state index in [1.54, 1.807) is 6.33 Å². The Kier molecular flexibility index (Phi) is 5.51. The Labute approximate surface area is 218 Å². The minimum atomic E-state index is 0.333. The summed E-state index contributed by atoms with van der Waals surface area (Å²) in [5.41, 5.74) is 9.11. The predicted octanol–water partition coefficient (Wildman–Crippen LogP) is 4.84. The SMILES string of the molecule is Cc1c(-c2[nH]c3ccc(N4C[C@@H]5C[C@H]4CCN5C4CCOCC4)nc3c2C(C)C)cn2ncnc2c1C. The number of hydrogen-bond donors (Lipinski definition) is 1. The van der Waals surface area contributed by atoms with Gasteiger partial charge in [-0.3, -0.25) is 4.90 Å². The van der Waals surface area contributed by atoms with Gasteiger partial charge in [-0.05, 0) is 68.7 Å². The second kappa shape index (κ2) is 8.81. The molecule has 8 heteroatoms. The summed E-state index contributed by atoms with van der Waals surface area (Å²) in [5.74, 6) is 1.46. The molecule has 0 aromatic carbocycles. The lowest BCUT2D eigenvalue weighted by Gasteiger charge is -2.40. The molecule has 4 aromatic heterocycles. The number of pyridine rings is 2. The van der Waals surface area contributed by atoms with Gasteiger partial charge in [-0.1, -0.05) is 13.8 Å². The third-order valence-electron chi connectivity index (χ3n) is 9.17.